The standard InChI is InChI=1S/C14H23N3O2/c1-11-8-16(3)14(18)13(7-15-2)17(9-11)10-12-5-4-6-19-12/h4-6,11,13,15H,7-10H2,1-3H3. The minimum atomic E-state index is -0.120. The van der Waals surface area contributed by atoms with Gasteiger partial charge in [0.15, 0.2) is 0 Å². The second-order valence-electron chi connectivity index (χ2n) is 5.41. The fourth-order valence-electron chi connectivity index (χ4n) is 2.74. The van der Waals surface area contributed by atoms with Gasteiger partial charge >= 0.3 is 0 Å². The van der Waals surface area contributed by atoms with Crippen molar-refractivity contribution in [2.24, 2.45) is 5.92 Å². The first-order chi connectivity index (χ1) is 9.11. The van der Waals surface area contributed by atoms with Crippen molar-refractivity contribution in [3.05, 3.63) is 24.2 Å². The first-order valence-corrected chi connectivity index (χ1v) is 6.77. The van der Waals surface area contributed by atoms with Crippen molar-refractivity contribution in [3.63, 3.8) is 0 Å². The Morgan fingerprint density at radius 1 is 1.47 bits per heavy atom. The summed E-state index contributed by atoms with van der Waals surface area (Å²) in [7, 11) is 3.77. The number of carbonyl (C=O) groups excluding carboxylic acids is 1. The fourth-order valence-corrected chi connectivity index (χ4v) is 2.74. The largest absolute Gasteiger partial charge is 0.468 e. The molecule has 1 fully saturated rings. The van der Waals surface area contributed by atoms with Gasteiger partial charge in [0.2, 0.25) is 5.91 Å². The van der Waals surface area contributed by atoms with Gasteiger partial charge in [-0.1, -0.05) is 6.92 Å². The third-order valence-corrected chi connectivity index (χ3v) is 3.57. The van der Waals surface area contributed by atoms with E-state index in [0.29, 0.717) is 19.0 Å². The van der Waals surface area contributed by atoms with Gasteiger partial charge in [0.1, 0.15) is 11.8 Å². The Kier molecular flexibility index (Phi) is 4.61. The molecule has 2 rings (SSSR count). The minimum Gasteiger partial charge on any atom is -0.468 e. The summed E-state index contributed by atoms with van der Waals surface area (Å²) in [5.41, 5.74) is 0. The maximum absolute atomic E-state index is 12.4. The second-order valence-corrected chi connectivity index (χ2v) is 5.41. The molecule has 1 saturated heterocycles. The predicted molar refractivity (Wildman–Crippen MR) is 73.6 cm³/mol. The molecule has 1 aliphatic rings. The molecule has 0 radical (unpaired) electrons. The van der Waals surface area contributed by atoms with Crippen molar-refractivity contribution >= 4 is 5.91 Å². The van der Waals surface area contributed by atoms with Crippen molar-refractivity contribution in [3.8, 4) is 0 Å². The molecule has 0 saturated carbocycles. The van der Waals surface area contributed by atoms with E-state index in [0.717, 1.165) is 18.8 Å². The van der Waals surface area contributed by atoms with Crippen LogP contribution in [-0.4, -0.2) is 55.5 Å². The van der Waals surface area contributed by atoms with Crippen LogP contribution in [0.15, 0.2) is 22.8 Å². The number of hydrogen-bond acceptors (Lipinski definition) is 4. The Morgan fingerprint density at radius 2 is 2.26 bits per heavy atom. The lowest BCUT2D eigenvalue weighted by atomic mass is 10.1. The van der Waals surface area contributed by atoms with E-state index in [1.165, 1.54) is 0 Å². The molecule has 2 unspecified atom stereocenters. The first-order valence-electron chi connectivity index (χ1n) is 6.77. The van der Waals surface area contributed by atoms with Gasteiger partial charge in [0.25, 0.3) is 0 Å². The fraction of sp³-hybridized carbons (Fsp3) is 0.643. The molecule has 19 heavy (non-hydrogen) atoms. The van der Waals surface area contributed by atoms with Crippen LogP contribution in [-0.2, 0) is 11.3 Å². The summed E-state index contributed by atoms with van der Waals surface area (Å²) in [5, 5.41) is 3.12. The predicted octanol–water partition coefficient (Wildman–Crippen LogP) is 0.778. The van der Waals surface area contributed by atoms with Gasteiger partial charge in [-0.25, -0.2) is 0 Å². The van der Waals surface area contributed by atoms with Gasteiger partial charge in [-0.3, -0.25) is 9.69 Å². The van der Waals surface area contributed by atoms with Gasteiger partial charge in [-0.15, -0.1) is 0 Å². The summed E-state index contributed by atoms with van der Waals surface area (Å²) in [6.45, 7) is 5.25. The second kappa shape index (κ2) is 6.21. The third kappa shape index (κ3) is 3.36. The van der Waals surface area contributed by atoms with E-state index in [9.17, 15) is 4.79 Å². The van der Waals surface area contributed by atoms with Crippen molar-refractivity contribution < 1.29 is 9.21 Å². The van der Waals surface area contributed by atoms with Crippen LogP contribution in [0.3, 0.4) is 0 Å². The van der Waals surface area contributed by atoms with Gasteiger partial charge < -0.3 is 14.6 Å². The van der Waals surface area contributed by atoms with E-state index in [2.05, 4.69) is 17.1 Å². The van der Waals surface area contributed by atoms with E-state index in [4.69, 9.17) is 4.42 Å². The lowest BCUT2D eigenvalue weighted by molar-refractivity contribution is -0.134. The highest BCUT2D eigenvalue weighted by molar-refractivity contribution is 5.82. The third-order valence-electron chi connectivity index (χ3n) is 3.57. The number of hydrogen-bond donors (Lipinski definition) is 1. The molecule has 2 heterocycles. The summed E-state index contributed by atoms with van der Waals surface area (Å²) in [5.74, 6) is 1.56. The molecule has 2 atom stereocenters. The molecular weight excluding hydrogens is 242 g/mol. The smallest absolute Gasteiger partial charge is 0.241 e. The average molecular weight is 265 g/mol. The number of nitrogens with zero attached hydrogens (tertiary/aromatic N) is 2. The van der Waals surface area contributed by atoms with Gasteiger partial charge in [0, 0.05) is 26.7 Å². The number of amides is 1. The minimum absolute atomic E-state index is 0.120. The number of nitrogens with one attached hydrogen (secondary N) is 1. The van der Waals surface area contributed by atoms with Crippen LogP contribution in [0.5, 0.6) is 0 Å². The van der Waals surface area contributed by atoms with Crippen molar-refractivity contribution in [1.29, 1.82) is 0 Å². The van der Waals surface area contributed by atoms with Gasteiger partial charge in [-0.2, -0.15) is 0 Å². The highest BCUT2D eigenvalue weighted by Gasteiger charge is 2.33. The summed E-state index contributed by atoms with van der Waals surface area (Å²) >= 11 is 0. The van der Waals surface area contributed by atoms with Crippen LogP contribution in [0.2, 0.25) is 0 Å². The quantitative estimate of drug-likeness (QED) is 0.874. The Morgan fingerprint density at radius 3 is 2.89 bits per heavy atom. The van der Waals surface area contributed by atoms with Crippen LogP contribution >= 0.6 is 0 Å². The Hall–Kier alpha value is -1.33. The zero-order valence-electron chi connectivity index (χ0n) is 11.9. The highest BCUT2D eigenvalue weighted by atomic mass is 16.3. The maximum atomic E-state index is 12.4. The van der Waals surface area contributed by atoms with Crippen LogP contribution < -0.4 is 5.32 Å². The molecule has 1 N–H and O–H groups in total. The summed E-state index contributed by atoms with van der Waals surface area (Å²) in [6, 6.07) is 3.72. The molecule has 0 spiro atoms. The van der Waals surface area contributed by atoms with Gasteiger partial charge in [-0.05, 0) is 25.1 Å². The number of carbonyl (C=O) groups is 1. The van der Waals surface area contributed by atoms with Crippen LogP contribution in [0.4, 0.5) is 0 Å². The molecular formula is C14H23N3O2. The Balaban J connectivity index is 2.17. The molecule has 5 nitrogen and oxygen atoms in total. The summed E-state index contributed by atoms with van der Waals surface area (Å²) in [6.07, 6.45) is 1.68. The summed E-state index contributed by atoms with van der Waals surface area (Å²) < 4.78 is 5.41. The normalized spacial score (nSPS) is 25.6. The zero-order chi connectivity index (χ0) is 13.8. The molecule has 5 heteroatoms. The SMILES string of the molecule is CNCC1C(=O)N(C)CC(C)CN1Cc1ccco1. The van der Waals surface area contributed by atoms with Crippen molar-refractivity contribution in [1.82, 2.24) is 15.1 Å². The number of rotatable bonds is 4. The molecule has 1 aliphatic heterocycles. The number of likely N-dealkylation sites (N-methyl/N-ethyl adjacent to an activating group) is 2. The molecule has 1 aromatic rings. The molecule has 1 amide bonds. The lowest BCUT2D eigenvalue weighted by Gasteiger charge is -2.29. The Labute approximate surface area is 114 Å². The lowest BCUT2D eigenvalue weighted by Crippen LogP contribution is -2.49. The van der Waals surface area contributed by atoms with Crippen LogP contribution in [0.25, 0.3) is 0 Å². The van der Waals surface area contributed by atoms with E-state index >= 15 is 0 Å². The first kappa shape index (κ1) is 14.1. The van der Waals surface area contributed by atoms with E-state index in [-0.39, 0.29) is 11.9 Å². The van der Waals surface area contributed by atoms with Crippen molar-refractivity contribution in [2.75, 3.05) is 33.7 Å². The maximum Gasteiger partial charge on any atom is 0.241 e. The highest BCUT2D eigenvalue weighted by Crippen LogP contribution is 2.17. The Bertz CT molecular complexity index is 405. The average Bonchev–Trinajstić information content (AvgIpc) is 2.83. The van der Waals surface area contributed by atoms with Crippen LogP contribution in [0, 0.1) is 5.92 Å². The molecule has 1 aromatic heterocycles. The number of furan rings is 1. The van der Waals surface area contributed by atoms with E-state index in [1.807, 2.05) is 31.1 Å². The van der Waals surface area contributed by atoms with E-state index < -0.39 is 0 Å². The summed E-state index contributed by atoms with van der Waals surface area (Å²) in [4.78, 5) is 16.5. The van der Waals surface area contributed by atoms with Gasteiger partial charge in [0.05, 0.1) is 12.8 Å². The topological polar surface area (TPSA) is 48.7 Å². The molecule has 0 bridgehead atoms. The zero-order valence-corrected chi connectivity index (χ0v) is 11.9. The monoisotopic (exact) mass is 265 g/mol. The molecule has 0 aromatic carbocycles. The molecule has 0 aliphatic carbocycles. The van der Waals surface area contributed by atoms with Crippen molar-refractivity contribution in [2.45, 2.75) is 19.5 Å². The van der Waals surface area contributed by atoms with E-state index in [1.54, 1.807) is 6.26 Å². The molecule has 106 valence electrons. The van der Waals surface area contributed by atoms with Crippen LogP contribution in [0.1, 0.15) is 12.7 Å².